The minimum Gasteiger partial charge on any atom is -0.302 e. The van der Waals surface area contributed by atoms with Gasteiger partial charge < -0.3 is 5.32 Å². The van der Waals surface area contributed by atoms with E-state index >= 15 is 0 Å². The number of nitrogens with one attached hydrogen (secondary N) is 1. The molecule has 1 saturated heterocycles. The summed E-state index contributed by atoms with van der Waals surface area (Å²) >= 11 is 0. The highest BCUT2D eigenvalue weighted by Gasteiger charge is 2.65. The number of likely N-dealkylation sites (tertiary alicyclic amines) is 1. The number of amides is 2. The zero-order valence-corrected chi connectivity index (χ0v) is 11.3. The fourth-order valence-electron chi connectivity index (χ4n) is 2.96. The van der Waals surface area contributed by atoms with Crippen molar-refractivity contribution in [3.63, 3.8) is 0 Å². The number of rotatable bonds is 3. The van der Waals surface area contributed by atoms with E-state index in [-0.39, 0.29) is 28.7 Å². The van der Waals surface area contributed by atoms with Crippen molar-refractivity contribution >= 4 is 11.8 Å². The Hall–Kier alpha value is -0.900. The third-order valence-electron chi connectivity index (χ3n) is 4.95. The van der Waals surface area contributed by atoms with Crippen LogP contribution in [0, 0.1) is 10.8 Å². The Morgan fingerprint density at radius 2 is 1.76 bits per heavy atom. The van der Waals surface area contributed by atoms with Crippen LogP contribution in [0.15, 0.2) is 0 Å². The molecule has 2 aliphatic rings. The fourth-order valence-corrected chi connectivity index (χ4v) is 2.96. The SMILES string of the molecule is CCN1C(=O)CC(NC2C(C)(C)C2(C)C)C1=O. The molecule has 1 unspecified atom stereocenters. The summed E-state index contributed by atoms with van der Waals surface area (Å²) < 4.78 is 0. The number of imide groups is 1. The highest BCUT2D eigenvalue weighted by molar-refractivity contribution is 6.05. The molecule has 1 aliphatic heterocycles. The van der Waals surface area contributed by atoms with Gasteiger partial charge in [-0.1, -0.05) is 27.7 Å². The first kappa shape index (κ1) is 12.6. The highest BCUT2D eigenvalue weighted by atomic mass is 16.2. The molecular weight excluding hydrogens is 216 g/mol. The molecule has 0 spiro atoms. The monoisotopic (exact) mass is 238 g/mol. The number of hydrogen-bond donors (Lipinski definition) is 1. The van der Waals surface area contributed by atoms with E-state index in [0.29, 0.717) is 19.0 Å². The Labute approximate surface area is 103 Å². The average molecular weight is 238 g/mol. The van der Waals surface area contributed by atoms with Gasteiger partial charge in [0.2, 0.25) is 11.8 Å². The summed E-state index contributed by atoms with van der Waals surface area (Å²) in [6.07, 6.45) is 0.315. The molecule has 2 rings (SSSR count). The van der Waals surface area contributed by atoms with E-state index in [1.54, 1.807) is 0 Å². The van der Waals surface area contributed by atoms with E-state index in [1.807, 2.05) is 6.92 Å². The third-order valence-corrected chi connectivity index (χ3v) is 4.95. The Balaban J connectivity index is 2.04. The van der Waals surface area contributed by atoms with Gasteiger partial charge in [0, 0.05) is 12.6 Å². The van der Waals surface area contributed by atoms with Crippen LogP contribution in [0.2, 0.25) is 0 Å². The second kappa shape index (κ2) is 3.55. The van der Waals surface area contributed by atoms with E-state index in [4.69, 9.17) is 0 Å². The molecule has 17 heavy (non-hydrogen) atoms. The molecule has 1 aliphatic carbocycles. The van der Waals surface area contributed by atoms with Crippen LogP contribution in [0.5, 0.6) is 0 Å². The van der Waals surface area contributed by atoms with Crippen LogP contribution in [0.4, 0.5) is 0 Å². The van der Waals surface area contributed by atoms with Gasteiger partial charge in [-0.05, 0) is 17.8 Å². The Bertz CT molecular complexity index is 360. The van der Waals surface area contributed by atoms with Crippen molar-refractivity contribution in [1.82, 2.24) is 10.2 Å². The smallest absolute Gasteiger partial charge is 0.246 e. The lowest BCUT2D eigenvalue weighted by Gasteiger charge is -2.14. The summed E-state index contributed by atoms with van der Waals surface area (Å²) in [5.74, 6) is -0.109. The predicted molar refractivity (Wildman–Crippen MR) is 65.3 cm³/mol. The molecule has 4 heteroatoms. The van der Waals surface area contributed by atoms with Crippen LogP contribution < -0.4 is 5.32 Å². The third kappa shape index (κ3) is 1.61. The number of hydrogen-bond acceptors (Lipinski definition) is 3. The van der Waals surface area contributed by atoms with Crippen molar-refractivity contribution in [3.05, 3.63) is 0 Å². The Morgan fingerprint density at radius 3 is 2.12 bits per heavy atom. The Kier molecular flexibility index (Phi) is 2.62. The van der Waals surface area contributed by atoms with Crippen molar-refractivity contribution in [2.45, 2.75) is 53.1 Å². The van der Waals surface area contributed by atoms with E-state index in [1.165, 1.54) is 4.90 Å². The molecule has 2 fully saturated rings. The summed E-state index contributed by atoms with van der Waals surface area (Å²) in [6, 6.07) is 0.00190. The van der Waals surface area contributed by atoms with Crippen molar-refractivity contribution in [2.24, 2.45) is 10.8 Å². The van der Waals surface area contributed by atoms with E-state index in [2.05, 4.69) is 33.0 Å². The molecule has 1 atom stereocenters. The van der Waals surface area contributed by atoms with Gasteiger partial charge in [0.25, 0.3) is 0 Å². The molecule has 0 radical (unpaired) electrons. The summed E-state index contributed by atoms with van der Waals surface area (Å²) in [5.41, 5.74) is 0.381. The highest BCUT2D eigenvalue weighted by Crippen LogP contribution is 2.62. The number of nitrogens with zero attached hydrogens (tertiary/aromatic N) is 1. The fraction of sp³-hybridized carbons (Fsp3) is 0.846. The van der Waals surface area contributed by atoms with Crippen LogP contribution >= 0.6 is 0 Å². The van der Waals surface area contributed by atoms with Crippen LogP contribution in [0.1, 0.15) is 41.0 Å². The topological polar surface area (TPSA) is 49.4 Å². The molecule has 96 valence electrons. The molecule has 4 nitrogen and oxygen atoms in total. The van der Waals surface area contributed by atoms with Crippen molar-refractivity contribution in [2.75, 3.05) is 6.54 Å². The molecule has 2 amide bonds. The van der Waals surface area contributed by atoms with Gasteiger partial charge in [0.05, 0.1) is 12.5 Å². The van der Waals surface area contributed by atoms with Gasteiger partial charge >= 0.3 is 0 Å². The van der Waals surface area contributed by atoms with Crippen LogP contribution in [-0.4, -0.2) is 35.3 Å². The Morgan fingerprint density at radius 1 is 1.24 bits per heavy atom. The molecule has 1 saturated carbocycles. The zero-order valence-electron chi connectivity index (χ0n) is 11.3. The maximum Gasteiger partial charge on any atom is 0.246 e. The largest absolute Gasteiger partial charge is 0.302 e. The number of carbonyl (C=O) groups excluding carboxylic acids is 2. The number of likely N-dealkylation sites (N-methyl/N-ethyl adjacent to an activating group) is 1. The molecule has 0 bridgehead atoms. The lowest BCUT2D eigenvalue weighted by Crippen LogP contribution is -2.41. The van der Waals surface area contributed by atoms with Gasteiger partial charge in [-0.3, -0.25) is 14.5 Å². The molecule has 1 N–H and O–H groups in total. The van der Waals surface area contributed by atoms with E-state index in [9.17, 15) is 9.59 Å². The molecule has 0 aromatic rings. The van der Waals surface area contributed by atoms with Crippen molar-refractivity contribution < 1.29 is 9.59 Å². The maximum atomic E-state index is 12.0. The van der Waals surface area contributed by atoms with Gasteiger partial charge in [-0.25, -0.2) is 0 Å². The van der Waals surface area contributed by atoms with Gasteiger partial charge in [0.15, 0.2) is 0 Å². The summed E-state index contributed by atoms with van der Waals surface area (Å²) in [4.78, 5) is 24.9. The molecule has 0 aromatic heterocycles. The average Bonchev–Trinajstić information content (AvgIpc) is 2.50. The summed E-state index contributed by atoms with van der Waals surface area (Å²) in [6.45, 7) is 11.1. The second-order valence-electron chi connectivity index (χ2n) is 6.28. The summed E-state index contributed by atoms with van der Waals surface area (Å²) in [5, 5.41) is 3.37. The number of carbonyl (C=O) groups is 2. The van der Waals surface area contributed by atoms with E-state index < -0.39 is 0 Å². The minimum absolute atomic E-state index is 0.0498. The van der Waals surface area contributed by atoms with Crippen LogP contribution in [0.3, 0.4) is 0 Å². The van der Waals surface area contributed by atoms with Gasteiger partial charge in [-0.2, -0.15) is 0 Å². The van der Waals surface area contributed by atoms with Gasteiger partial charge in [-0.15, -0.1) is 0 Å². The standard InChI is InChI=1S/C13H22N2O2/c1-6-15-9(16)7-8(10(15)17)14-11-12(2,3)13(11,4)5/h8,11,14H,6-7H2,1-5H3. The lowest BCUT2D eigenvalue weighted by molar-refractivity contribution is -0.138. The van der Waals surface area contributed by atoms with Crippen molar-refractivity contribution in [1.29, 1.82) is 0 Å². The summed E-state index contributed by atoms with van der Waals surface area (Å²) in [7, 11) is 0. The second-order valence-corrected chi connectivity index (χ2v) is 6.28. The normalized spacial score (nSPS) is 31.1. The van der Waals surface area contributed by atoms with E-state index in [0.717, 1.165) is 0 Å². The first-order valence-electron chi connectivity index (χ1n) is 6.33. The quantitative estimate of drug-likeness (QED) is 0.751. The molecular formula is C13H22N2O2. The predicted octanol–water partition coefficient (Wildman–Crippen LogP) is 1.16. The van der Waals surface area contributed by atoms with Gasteiger partial charge in [0.1, 0.15) is 0 Å². The first-order chi connectivity index (χ1) is 7.73. The molecule has 1 heterocycles. The minimum atomic E-state index is -0.312. The first-order valence-corrected chi connectivity index (χ1v) is 6.33. The maximum absolute atomic E-state index is 12.0. The molecule has 0 aromatic carbocycles. The van der Waals surface area contributed by atoms with Crippen LogP contribution in [0.25, 0.3) is 0 Å². The zero-order chi connectivity index (χ0) is 13.0. The van der Waals surface area contributed by atoms with Crippen molar-refractivity contribution in [3.8, 4) is 0 Å². The van der Waals surface area contributed by atoms with Crippen LogP contribution in [-0.2, 0) is 9.59 Å². The lowest BCUT2D eigenvalue weighted by atomic mass is 10.0.